The lowest BCUT2D eigenvalue weighted by atomic mass is 9.86. The smallest absolute Gasteiger partial charge is 0.160 e. The Balaban J connectivity index is 1.28. The third-order valence-electron chi connectivity index (χ3n) is 14.0. The number of rotatable bonds is 8. The Labute approximate surface area is 416 Å². The highest BCUT2D eigenvalue weighted by molar-refractivity contribution is 6.12. The molecule has 0 aliphatic rings. The summed E-state index contributed by atoms with van der Waals surface area (Å²) in [5.41, 5.74) is 16.7. The molecule has 0 fully saturated rings. The van der Waals surface area contributed by atoms with E-state index in [1.165, 1.54) is 32.7 Å². The normalized spacial score (nSPS) is 12.1. The van der Waals surface area contributed by atoms with Crippen molar-refractivity contribution in [2.75, 3.05) is 4.90 Å². The second-order valence-electron chi connectivity index (χ2n) is 20.7. The summed E-state index contributed by atoms with van der Waals surface area (Å²) in [5, 5.41) is 4.75. The number of nitrogens with zero attached hydrogens (tertiary/aromatic N) is 5. The molecule has 0 aliphatic carbocycles. The van der Waals surface area contributed by atoms with Gasteiger partial charge in [-0.05, 0) is 88.7 Å². The molecule has 9 aromatic carbocycles. The van der Waals surface area contributed by atoms with Crippen molar-refractivity contribution >= 4 is 60.7 Å². The number of hydrogen-bond acceptors (Lipinski definition) is 3. The van der Waals surface area contributed by atoms with Crippen LogP contribution >= 0.6 is 0 Å². The number of fused-ring (bicyclic) bond motifs is 6. The minimum absolute atomic E-state index is 0.0314. The van der Waals surface area contributed by atoms with Gasteiger partial charge in [0, 0.05) is 49.6 Å². The Morgan fingerprint density at radius 2 is 0.676 bits per heavy atom. The van der Waals surface area contributed by atoms with Crippen molar-refractivity contribution < 1.29 is 0 Å². The molecule has 5 nitrogen and oxygen atoms in total. The van der Waals surface area contributed by atoms with E-state index in [0.29, 0.717) is 5.82 Å². The third-order valence-corrected chi connectivity index (χ3v) is 14.0. The van der Waals surface area contributed by atoms with Gasteiger partial charge in [-0.2, -0.15) is 0 Å². The van der Waals surface area contributed by atoms with Gasteiger partial charge in [-0.25, -0.2) is 9.97 Å². The first kappa shape index (κ1) is 43.7. The van der Waals surface area contributed by atoms with Crippen LogP contribution in [-0.4, -0.2) is 19.1 Å². The molecule has 3 heterocycles. The van der Waals surface area contributed by atoms with E-state index < -0.39 is 0 Å². The van der Waals surface area contributed by atoms with Gasteiger partial charge >= 0.3 is 0 Å². The summed E-state index contributed by atoms with van der Waals surface area (Å²) in [4.78, 5) is 13.2. The van der Waals surface area contributed by atoms with E-state index >= 15 is 0 Å². The summed E-state index contributed by atoms with van der Waals surface area (Å²) in [7, 11) is 0. The van der Waals surface area contributed by atoms with Gasteiger partial charge in [-0.3, -0.25) is 0 Å². The summed E-state index contributed by atoms with van der Waals surface area (Å²) < 4.78 is 4.97. The Morgan fingerprint density at radius 3 is 1.06 bits per heavy atom. The number of anilines is 3. The van der Waals surface area contributed by atoms with Gasteiger partial charge in [0.2, 0.25) is 0 Å². The summed E-state index contributed by atoms with van der Waals surface area (Å²) >= 11 is 0. The van der Waals surface area contributed by atoms with Gasteiger partial charge in [0.25, 0.3) is 0 Å². The number of aromatic nitrogens is 4. The zero-order valence-corrected chi connectivity index (χ0v) is 41.1. The molecule has 0 atom stereocenters. The van der Waals surface area contributed by atoms with Crippen LogP contribution in [0.5, 0.6) is 0 Å². The maximum Gasteiger partial charge on any atom is 0.160 e. The summed E-state index contributed by atoms with van der Waals surface area (Å²) in [6, 6.07) is 81.4. The monoisotopic (exact) mass is 917 g/mol. The summed E-state index contributed by atoms with van der Waals surface area (Å²) in [5.74, 6) is 0.669. The van der Waals surface area contributed by atoms with Crippen LogP contribution in [0.1, 0.15) is 52.7 Å². The number of hydrogen-bond donors (Lipinski definition) is 0. The van der Waals surface area contributed by atoms with E-state index in [-0.39, 0.29) is 10.8 Å². The first-order valence-corrected chi connectivity index (χ1v) is 24.7. The van der Waals surface area contributed by atoms with Crippen molar-refractivity contribution in [2.45, 2.75) is 52.4 Å². The lowest BCUT2D eigenvalue weighted by Gasteiger charge is -2.33. The topological polar surface area (TPSA) is 38.9 Å². The summed E-state index contributed by atoms with van der Waals surface area (Å²) in [6.45, 7) is 13.7. The van der Waals surface area contributed by atoms with Gasteiger partial charge in [0.15, 0.2) is 5.82 Å². The molecule has 0 radical (unpaired) electrons. The zero-order chi connectivity index (χ0) is 48.4. The van der Waals surface area contributed by atoms with Crippen molar-refractivity contribution in [1.29, 1.82) is 0 Å². The molecule has 0 saturated carbocycles. The SMILES string of the molecule is CC(C)(C)c1ccc(N(c2ccc(C(C)(C)C)cc2)c2c(-n3c4ccccc4c4ccccc43)cc(-c3cc(-c4ccccc4)nc(-c4ccccc4)n3)cc2-n2c3ccccc3c3ccccc32)cc1. The average Bonchev–Trinajstić information content (AvgIpc) is 3.92. The van der Waals surface area contributed by atoms with Crippen molar-refractivity contribution in [3.05, 3.63) is 236 Å². The molecule has 0 saturated heterocycles. The van der Waals surface area contributed by atoms with Crippen molar-refractivity contribution in [1.82, 2.24) is 19.1 Å². The highest BCUT2D eigenvalue weighted by atomic mass is 15.2. The molecule has 0 bridgehead atoms. The van der Waals surface area contributed by atoms with Crippen LogP contribution in [0.15, 0.2) is 224 Å². The van der Waals surface area contributed by atoms with Crippen molar-refractivity contribution in [3.8, 4) is 45.3 Å². The lowest BCUT2D eigenvalue weighted by molar-refractivity contribution is 0.590. The Bertz CT molecular complexity index is 3570. The van der Waals surface area contributed by atoms with Crippen LogP contribution < -0.4 is 4.90 Å². The fourth-order valence-electron chi connectivity index (χ4n) is 10.4. The zero-order valence-electron chi connectivity index (χ0n) is 41.1. The molecule has 71 heavy (non-hydrogen) atoms. The average molecular weight is 918 g/mol. The fraction of sp³-hybridized carbons (Fsp3) is 0.121. The molecule has 3 aromatic heterocycles. The van der Waals surface area contributed by atoms with E-state index in [0.717, 1.165) is 78.6 Å². The van der Waals surface area contributed by atoms with Gasteiger partial charge in [0.1, 0.15) is 0 Å². The second kappa shape index (κ2) is 17.1. The first-order chi connectivity index (χ1) is 34.5. The van der Waals surface area contributed by atoms with E-state index in [1.54, 1.807) is 0 Å². The minimum atomic E-state index is -0.0314. The first-order valence-electron chi connectivity index (χ1n) is 24.7. The van der Waals surface area contributed by atoms with Crippen LogP contribution in [0, 0.1) is 0 Å². The molecule has 12 aromatic rings. The van der Waals surface area contributed by atoms with Crippen molar-refractivity contribution in [2.24, 2.45) is 0 Å². The molecule has 12 rings (SSSR count). The van der Waals surface area contributed by atoms with Gasteiger partial charge in [-0.1, -0.05) is 199 Å². The molecule has 0 amide bonds. The molecule has 0 spiro atoms. The highest BCUT2D eigenvalue weighted by Gasteiger charge is 2.29. The fourth-order valence-corrected chi connectivity index (χ4v) is 10.4. The highest BCUT2D eigenvalue weighted by Crippen LogP contribution is 2.49. The van der Waals surface area contributed by atoms with E-state index in [1.807, 2.05) is 6.07 Å². The van der Waals surface area contributed by atoms with Gasteiger partial charge < -0.3 is 14.0 Å². The molecular formula is C66H55N5. The van der Waals surface area contributed by atoms with E-state index in [2.05, 4.69) is 274 Å². The lowest BCUT2D eigenvalue weighted by Crippen LogP contribution is -2.18. The second-order valence-corrected chi connectivity index (χ2v) is 20.7. The van der Waals surface area contributed by atoms with Crippen LogP contribution in [0.25, 0.3) is 88.9 Å². The van der Waals surface area contributed by atoms with Crippen LogP contribution in [0.3, 0.4) is 0 Å². The molecule has 344 valence electrons. The molecule has 0 aliphatic heterocycles. The maximum absolute atomic E-state index is 5.51. The quantitative estimate of drug-likeness (QED) is 0.152. The Kier molecular flexibility index (Phi) is 10.6. The van der Waals surface area contributed by atoms with Crippen LogP contribution in [-0.2, 0) is 10.8 Å². The third kappa shape index (κ3) is 7.75. The molecule has 0 N–H and O–H groups in total. The molecular weight excluding hydrogens is 863 g/mol. The van der Waals surface area contributed by atoms with E-state index in [4.69, 9.17) is 9.97 Å². The summed E-state index contributed by atoms with van der Waals surface area (Å²) in [6.07, 6.45) is 0. The predicted octanol–water partition coefficient (Wildman–Crippen LogP) is 17.7. The van der Waals surface area contributed by atoms with Gasteiger partial charge in [-0.15, -0.1) is 0 Å². The minimum Gasteiger partial charge on any atom is -0.307 e. The largest absolute Gasteiger partial charge is 0.307 e. The van der Waals surface area contributed by atoms with Crippen LogP contribution in [0.4, 0.5) is 17.1 Å². The Hall–Kier alpha value is -8.54. The van der Waals surface area contributed by atoms with Crippen molar-refractivity contribution in [3.63, 3.8) is 0 Å². The predicted molar refractivity (Wildman–Crippen MR) is 299 cm³/mol. The molecule has 5 heteroatoms. The standard InChI is InChI=1S/C66H55N5/c1-65(2,3)47-33-37-49(38-34-47)69(50-39-35-48(36-40-50)66(4,5)6)63-61(70-57-29-17-13-25-51(57)52-26-14-18-30-58(52)70)41-46(42-62(63)71-59-31-19-15-27-53(59)54-28-16-20-32-60(54)71)56-43-55(44-21-9-7-10-22-44)67-64(68-56)45-23-11-8-12-24-45/h7-43H,1-6H3. The molecule has 0 unspecified atom stereocenters. The van der Waals surface area contributed by atoms with Crippen LogP contribution in [0.2, 0.25) is 0 Å². The number of para-hydroxylation sites is 4. The Morgan fingerprint density at radius 1 is 0.338 bits per heavy atom. The number of benzene rings is 9. The van der Waals surface area contributed by atoms with E-state index in [9.17, 15) is 0 Å². The van der Waals surface area contributed by atoms with Gasteiger partial charge in [0.05, 0.1) is 50.5 Å². The maximum atomic E-state index is 5.51.